The summed E-state index contributed by atoms with van der Waals surface area (Å²) >= 11 is 0. The van der Waals surface area contributed by atoms with Crippen LogP contribution in [0.15, 0.2) is 54.6 Å². The van der Waals surface area contributed by atoms with Crippen molar-refractivity contribution in [1.29, 1.82) is 0 Å². The molecule has 1 heterocycles. The van der Waals surface area contributed by atoms with Crippen LogP contribution in [0, 0.1) is 24.0 Å². The summed E-state index contributed by atoms with van der Waals surface area (Å²) in [4.78, 5) is 10.3. The van der Waals surface area contributed by atoms with E-state index in [2.05, 4.69) is 29.5 Å². The van der Waals surface area contributed by atoms with E-state index in [1.54, 1.807) is 12.1 Å². The Labute approximate surface area is 146 Å². The van der Waals surface area contributed by atoms with Crippen LogP contribution in [-0.4, -0.2) is 14.7 Å². The zero-order valence-electron chi connectivity index (χ0n) is 14.3. The van der Waals surface area contributed by atoms with Gasteiger partial charge in [-0.2, -0.15) is 5.10 Å². The van der Waals surface area contributed by atoms with Crippen molar-refractivity contribution < 1.29 is 4.92 Å². The van der Waals surface area contributed by atoms with E-state index in [1.807, 2.05) is 29.8 Å². The molecule has 0 fully saturated rings. The Morgan fingerprint density at radius 3 is 2.40 bits per heavy atom. The number of anilines is 1. The van der Waals surface area contributed by atoms with Crippen LogP contribution in [0.25, 0.3) is 0 Å². The molecule has 1 N–H and O–H groups in total. The summed E-state index contributed by atoms with van der Waals surface area (Å²) in [7, 11) is 0. The standard InChI is InChI=1S/C19H20N4O2/c1-14-19(12-20-17-8-10-18(11-9-17)23(24)25)15(2)22(21-14)13-16-6-4-3-5-7-16/h3-11,20H,12-13H2,1-2H3. The third-order valence-corrected chi connectivity index (χ3v) is 4.25. The zero-order chi connectivity index (χ0) is 17.8. The molecule has 0 aliphatic carbocycles. The molecule has 0 saturated carbocycles. The van der Waals surface area contributed by atoms with Crippen molar-refractivity contribution in [2.45, 2.75) is 26.9 Å². The number of nitrogens with zero attached hydrogens (tertiary/aromatic N) is 3. The number of nitrogens with one attached hydrogen (secondary N) is 1. The average Bonchev–Trinajstić information content (AvgIpc) is 2.88. The van der Waals surface area contributed by atoms with Gasteiger partial charge in [-0.15, -0.1) is 0 Å². The monoisotopic (exact) mass is 336 g/mol. The van der Waals surface area contributed by atoms with Crippen molar-refractivity contribution in [3.8, 4) is 0 Å². The summed E-state index contributed by atoms with van der Waals surface area (Å²) in [6.45, 7) is 5.44. The molecule has 0 aliphatic rings. The Hall–Kier alpha value is -3.15. The predicted octanol–water partition coefficient (Wildman–Crippen LogP) is 4.07. The van der Waals surface area contributed by atoms with Crippen molar-refractivity contribution in [2.24, 2.45) is 0 Å². The van der Waals surface area contributed by atoms with Gasteiger partial charge in [-0.3, -0.25) is 14.8 Å². The highest BCUT2D eigenvalue weighted by atomic mass is 16.6. The third-order valence-electron chi connectivity index (χ3n) is 4.25. The number of nitro benzene ring substituents is 1. The lowest BCUT2D eigenvalue weighted by atomic mass is 10.2. The van der Waals surface area contributed by atoms with Gasteiger partial charge in [-0.05, 0) is 31.5 Å². The van der Waals surface area contributed by atoms with E-state index >= 15 is 0 Å². The van der Waals surface area contributed by atoms with Gasteiger partial charge in [0.05, 0.1) is 17.2 Å². The van der Waals surface area contributed by atoms with Gasteiger partial charge in [0, 0.05) is 35.6 Å². The zero-order valence-corrected chi connectivity index (χ0v) is 14.3. The molecule has 2 aromatic carbocycles. The Bertz CT molecular complexity index is 870. The lowest BCUT2D eigenvalue weighted by Crippen LogP contribution is -2.05. The first-order chi connectivity index (χ1) is 12.0. The molecule has 3 aromatic rings. The second-order valence-corrected chi connectivity index (χ2v) is 5.95. The number of aryl methyl sites for hydroxylation is 1. The number of benzene rings is 2. The number of non-ortho nitro benzene ring substituents is 1. The minimum atomic E-state index is -0.397. The fourth-order valence-corrected chi connectivity index (χ4v) is 2.79. The van der Waals surface area contributed by atoms with Crippen LogP contribution in [0.3, 0.4) is 0 Å². The van der Waals surface area contributed by atoms with Gasteiger partial charge in [-0.1, -0.05) is 30.3 Å². The van der Waals surface area contributed by atoms with E-state index < -0.39 is 4.92 Å². The molecule has 0 radical (unpaired) electrons. The largest absolute Gasteiger partial charge is 0.381 e. The van der Waals surface area contributed by atoms with E-state index in [0.29, 0.717) is 6.54 Å². The molecular weight excluding hydrogens is 316 g/mol. The fourth-order valence-electron chi connectivity index (χ4n) is 2.79. The number of hydrogen-bond donors (Lipinski definition) is 1. The first kappa shape index (κ1) is 16.7. The van der Waals surface area contributed by atoms with E-state index in [9.17, 15) is 10.1 Å². The normalized spacial score (nSPS) is 10.6. The maximum Gasteiger partial charge on any atom is 0.269 e. The van der Waals surface area contributed by atoms with Crippen molar-refractivity contribution in [1.82, 2.24) is 9.78 Å². The van der Waals surface area contributed by atoms with Crippen molar-refractivity contribution >= 4 is 11.4 Å². The summed E-state index contributed by atoms with van der Waals surface area (Å²) in [6.07, 6.45) is 0. The van der Waals surface area contributed by atoms with Gasteiger partial charge >= 0.3 is 0 Å². The molecule has 0 unspecified atom stereocenters. The van der Waals surface area contributed by atoms with Crippen LogP contribution < -0.4 is 5.32 Å². The first-order valence-electron chi connectivity index (χ1n) is 8.09. The molecule has 25 heavy (non-hydrogen) atoms. The number of nitro groups is 1. The van der Waals surface area contributed by atoms with E-state index in [4.69, 9.17) is 0 Å². The Kier molecular flexibility index (Phi) is 4.79. The predicted molar refractivity (Wildman–Crippen MR) is 97.7 cm³/mol. The summed E-state index contributed by atoms with van der Waals surface area (Å²) in [6, 6.07) is 16.7. The molecule has 128 valence electrons. The molecule has 1 aromatic heterocycles. The summed E-state index contributed by atoms with van der Waals surface area (Å²) in [5, 5.41) is 18.7. The Balaban J connectivity index is 1.71. The van der Waals surface area contributed by atoms with Gasteiger partial charge < -0.3 is 5.32 Å². The molecule has 6 heteroatoms. The summed E-state index contributed by atoms with van der Waals surface area (Å²) in [5.41, 5.74) is 5.41. The first-order valence-corrected chi connectivity index (χ1v) is 8.09. The molecule has 0 saturated heterocycles. The van der Waals surface area contributed by atoms with Crippen LogP contribution in [0.1, 0.15) is 22.5 Å². The smallest absolute Gasteiger partial charge is 0.269 e. The lowest BCUT2D eigenvalue weighted by molar-refractivity contribution is -0.384. The Morgan fingerprint density at radius 1 is 1.08 bits per heavy atom. The van der Waals surface area contributed by atoms with Crippen molar-refractivity contribution in [3.05, 3.63) is 87.2 Å². The maximum absolute atomic E-state index is 10.7. The van der Waals surface area contributed by atoms with Gasteiger partial charge in [-0.25, -0.2) is 0 Å². The van der Waals surface area contributed by atoms with Crippen LogP contribution in [0.5, 0.6) is 0 Å². The highest BCUT2D eigenvalue weighted by Gasteiger charge is 2.12. The van der Waals surface area contributed by atoms with Crippen LogP contribution in [0.4, 0.5) is 11.4 Å². The number of hydrogen-bond acceptors (Lipinski definition) is 4. The van der Waals surface area contributed by atoms with Gasteiger partial charge in [0.1, 0.15) is 0 Å². The summed E-state index contributed by atoms with van der Waals surface area (Å²) in [5.74, 6) is 0. The molecule has 0 amide bonds. The minimum Gasteiger partial charge on any atom is -0.381 e. The average molecular weight is 336 g/mol. The lowest BCUT2D eigenvalue weighted by Gasteiger charge is -2.08. The van der Waals surface area contributed by atoms with Gasteiger partial charge in [0.2, 0.25) is 0 Å². The molecule has 6 nitrogen and oxygen atoms in total. The second-order valence-electron chi connectivity index (χ2n) is 5.95. The minimum absolute atomic E-state index is 0.0913. The van der Waals surface area contributed by atoms with Gasteiger partial charge in [0.15, 0.2) is 0 Å². The van der Waals surface area contributed by atoms with E-state index in [-0.39, 0.29) is 5.69 Å². The highest BCUT2D eigenvalue weighted by molar-refractivity contribution is 5.49. The summed E-state index contributed by atoms with van der Waals surface area (Å²) < 4.78 is 2.01. The van der Waals surface area contributed by atoms with Crippen molar-refractivity contribution in [3.63, 3.8) is 0 Å². The van der Waals surface area contributed by atoms with Crippen LogP contribution in [-0.2, 0) is 13.1 Å². The van der Waals surface area contributed by atoms with Crippen molar-refractivity contribution in [2.75, 3.05) is 5.32 Å². The van der Waals surface area contributed by atoms with Crippen LogP contribution in [0.2, 0.25) is 0 Å². The highest BCUT2D eigenvalue weighted by Crippen LogP contribution is 2.19. The second kappa shape index (κ2) is 7.17. The molecule has 3 rings (SSSR count). The van der Waals surface area contributed by atoms with Crippen LogP contribution >= 0.6 is 0 Å². The molecular formula is C19H20N4O2. The Morgan fingerprint density at radius 2 is 1.76 bits per heavy atom. The van der Waals surface area contributed by atoms with E-state index in [1.165, 1.54) is 17.7 Å². The SMILES string of the molecule is Cc1nn(Cc2ccccc2)c(C)c1CNc1ccc([N+](=O)[O-])cc1. The molecule has 0 atom stereocenters. The molecule has 0 bridgehead atoms. The quantitative estimate of drug-likeness (QED) is 0.544. The maximum atomic E-state index is 10.7. The molecule has 0 aliphatic heterocycles. The number of rotatable bonds is 6. The van der Waals surface area contributed by atoms with Gasteiger partial charge in [0.25, 0.3) is 5.69 Å². The number of aromatic nitrogens is 2. The third kappa shape index (κ3) is 3.85. The van der Waals surface area contributed by atoms with E-state index in [0.717, 1.165) is 29.2 Å². The molecule has 0 spiro atoms. The fraction of sp³-hybridized carbons (Fsp3) is 0.211. The topological polar surface area (TPSA) is 73.0 Å².